The van der Waals surface area contributed by atoms with Gasteiger partial charge in [0, 0.05) is 11.6 Å². The lowest BCUT2D eigenvalue weighted by Gasteiger charge is -2.35. The molecule has 0 bridgehead atoms. The van der Waals surface area contributed by atoms with Gasteiger partial charge in [-0.3, -0.25) is 0 Å². The van der Waals surface area contributed by atoms with E-state index in [0.717, 1.165) is 31.3 Å². The first-order chi connectivity index (χ1) is 14.2. The monoisotopic (exact) mass is 416 g/mol. The lowest BCUT2D eigenvalue weighted by Crippen LogP contribution is -2.32. The maximum atomic E-state index is 11.3. The van der Waals surface area contributed by atoms with Gasteiger partial charge in [-0.1, -0.05) is 42.7 Å². The van der Waals surface area contributed by atoms with Crippen molar-refractivity contribution in [2.75, 3.05) is 0 Å². The number of ether oxygens (including phenoxy) is 2. The van der Waals surface area contributed by atoms with E-state index in [0.29, 0.717) is 17.4 Å². The Morgan fingerprint density at radius 1 is 1.27 bits per heavy atom. The van der Waals surface area contributed by atoms with Crippen LogP contribution in [0.3, 0.4) is 0 Å². The second-order valence-corrected chi connectivity index (χ2v) is 9.51. The Morgan fingerprint density at radius 3 is 2.67 bits per heavy atom. The Morgan fingerprint density at radius 2 is 2.03 bits per heavy atom. The summed E-state index contributed by atoms with van der Waals surface area (Å²) in [5, 5.41) is 20.1. The summed E-state index contributed by atoms with van der Waals surface area (Å²) in [6.45, 7) is 9.23. The molecular formula is C25H36O5. The minimum atomic E-state index is -1.27. The molecule has 3 atom stereocenters. The van der Waals surface area contributed by atoms with Crippen LogP contribution in [-0.4, -0.2) is 34.9 Å². The molecule has 0 spiro atoms. The molecule has 3 rings (SSSR count). The number of aliphatic hydroxyl groups excluding tert-OH is 2. The summed E-state index contributed by atoms with van der Waals surface area (Å²) in [6, 6.07) is 0. The van der Waals surface area contributed by atoms with Crippen LogP contribution in [0, 0.1) is 5.41 Å². The molecule has 5 heteroatoms. The molecule has 166 valence electrons. The largest absolute Gasteiger partial charge is 0.429 e. The molecule has 0 aromatic carbocycles. The number of carbonyl (C=O) groups excluding carboxylic acids is 1. The van der Waals surface area contributed by atoms with Gasteiger partial charge in [-0.2, -0.15) is 0 Å². The van der Waals surface area contributed by atoms with E-state index in [-0.39, 0.29) is 0 Å². The van der Waals surface area contributed by atoms with E-state index in [1.165, 1.54) is 30.9 Å². The number of allylic oxidation sites excluding steroid dienone is 4. The highest BCUT2D eigenvalue weighted by Crippen LogP contribution is 2.42. The molecule has 0 saturated carbocycles. The summed E-state index contributed by atoms with van der Waals surface area (Å²) in [5.41, 5.74) is 6.15. The summed E-state index contributed by atoms with van der Waals surface area (Å²) in [7, 11) is 0. The molecule has 1 aliphatic carbocycles. The average molecular weight is 417 g/mol. The predicted molar refractivity (Wildman–Crippen MR) is 116 cm³/mol. The molecule has 0 radical (unpaired) electrons. The number of rotatable bonds is 7. The molecule has 3 aliphatic rings. The standard InChI is InChI=1S/C25H36O5/c1-16(10-12-20-17(2)8-6-14-25(20,3)4)7-5-9-18-11-13-21(29-23(18)27)19-15-22(26)30-24(19)28/h7,11,15,21,23-24,27-28H,5-6,8-10,12-14H2,1-4H3/b16-7+/t21-,23+,24-/m0/s1. The summed E-state index contributed by atoms with van der Waals surface area (Å²) in [5.74, 6) is -0.575. The maximum absolute atomic E-state index is 11.3. The normalized spacial score (nSPS) is 29.6. The lowest BCUT2D eigenvalue weighted by molar-refractivity contribution is -0.155. The zero-order chi connectivity index (χ0) is 21.9. The first kappa shape index (κ1) is 23.0. The van der Waals surface area contributed by atoms with Crippen molar-refractivity contribution in [2.24, 2.45) is 5.41 Å². The number of carbonyl (C=O) groups is 1. The number of hydrogen-bond acceptors (Lipinski definition) is 5. The van der Waals surface area contributed by atoms with Crippen LogP contribution in [-0.2, 0) is 14.3 Å². The number of hydrogen-bond donors (Lipinski definition) is 2. The molecule has 2 heterocycles. The summed E-state index contributed by atoms with van der Waals surface area (Å²) in [4.78, 5) is 11.3. The van der Waals surface area contributed by atoms with E-state index in [1.54, 1.807) is 11.1 Å². The van der Waals surface area contributed by atoms with Gasteiger partial charge in [-0.25, -0.2) is 4.79 Å². The number of esters is 1. The Kier molecular flexibility index (Phi) is 7.38. The molecule has 30 heavy (non-hydrogen) atoms. The zero-order valence-electron chi connectivity index (χ0n) is 18.7. The maximum Gasteiger partial charge on any atom is 0.333 e. The Bertz CT molecular complexity index is 783. The fourth-order valence-electron chi connectivity index (χ4n) is 4.91. The van der Waals surface area contributed by atoms with E-state index in [9.17, 15) is 15.0 Å². The quantitative estimate of drug-likeness (QED) is 0.458. The molecule has 0 saturated heterocycles. The third-order valence-corrected chi connectivity index (χ3v) is 6.75. The fraction of sp³-hybridized carbons (Fsp3) is 0.640. The van der Waals surface area contributed by atoms with Gasteiger partial charge in [0.1, 0.15) is 0 Å². The van der Waals surface area contributed by atoms with Crippen molar-refractivity contribution >= 4 is 5.97 Å². The van der Waals surface area contributed by atoms with E-state index in [2.05, 4.69) is 33.8 Å². The van der Waals surface area contributed by atoms with Gasteiger partial charge in [-0.05, 0) is 76.2 Å². The molecule has 2 N–H and O–H groups in total. The van der Waals surface area contributed by atoms with Crippen LogP contribution in [0.2, 0.25) is 0 Å². The van der Waals surface area contributed by atoms with Gasteiger partial charge < -0.3 is 19.7 Å². The van der Waals surface area contributed by atoms with Crippen LogP contribution in [0.25, 0.3) is 0 Å². The van der Waals surface area contributed by atoms with Crippen LogP contribution in [0.4, 0.5) is 0 Å². The molecule has 2 aliphatic heterocycles. The van der Waals surface area contributed by atoms with Crippen molar-refractivity contribution in [2.45, 2.75) is 97.7 Å². The van der Waals surface area contributed by atoms with Crippen LogP contribution in [0.15, 0.2) is 46.1 Å². The lowest BCUT2D eigenvalue weighted by atomic mass is 9.71. The van der Waals surface area contributed by atoms with Crippen molar-refractivity contribution in [1.82, 2.24) is 0 Å². The SMILES string of the molecule is CC1=C(CC/C(C)=C/CCC2=CC[C@@H](C3=CC(=O)O[C@@H]3O)O[C@H]2O)C(C)(C)CCC1. The molecule has 0 amide bonds. The van der Waals surface area contributed by atoms with Crippen molar-refractivity contribution in [3.8, 4) is 0 Å². The third kappa shape index (κ3) is 5.51. The van der Waals surface area contributed by atoms with Crippen molar-refractivity contribution < 1.29 is 24.5 Å². The fourth-order valence-corrected chi connectivity index (χ4v) is 4.91. The van der Waals surface area contributed by atoms with E-state index in [1.807, 2.05) is 6.08 Å². The van der Waals surface area contributed by atoms with Gasteiger partial charge in [-0.15, -0.1) is 0 Å². The Labute approximate surface area is 180 Å². The Balaban J connectivity index is 1.49. The molecule has 5 nitrogen and oxygen atoms in total. The smallest absolute Gasteiger partial charge is 0.333 e. The minimum Gasteiger partial charge on any atom is -0.429 e. The van der Waals surface area contributed by atoms with E-state index < -0.39 is 24.7 Å². The highest BCUT2D eigenvalue weighted by molar-refractivity contribution is 5.85. The summed E-state index contributed by atoms with van der Waals surface area (Å²) in [6.07, 6.45) is 10.8. The van der Waals surface area contributed by atoms with Gasteiger partial charge in [0.05, 0.1) is 6.10 Å². The van der Waals surface area contributed by atoms with E-state index >= 15 is 0 Å². The topological polar surface area (TPSA) is 76.0 Å². The molecule has 0 aromatic rings. The van der Waals surface area contributed by atoms with Gasteiger partial charge in [0.2, 0.25) is 6.29 Å². The Hall–Kier alpha value is -1.69. The number of cyclic esters (lactones) is 1. The van der Waals surface area contributed by atoms with Crippen molar-refractivity contribution in [3.05, 3.63) is 46.1 Å². The van der Waals surface area contributed by atoms with E-state index in [4.69, 9.17) is 9.47 Å². The average Bonchev–Trinajstić information content (AvgIpc) is 3.00. The van der Waals surface area contributed by atoms with Gasteiger partial charge >= 0.3 is 5.97 Å². The zero-order valence-corrected chi connectivity index (χ0v) is 18.7. The van der Waals surface area contributed by atoms with Crippen LogP contribution < -0.4 is 0 Å². The second kappa shape index (κ2) is 9.63. The molecule has 0 fully saturated rings. The summed E-state index contributed by atoms with van der Waals surface area (Å²) < 4.78 is 10.3. The first-order valence-electron chi connectivity index (χ1n) is 11.1. The summed E-state index contributed by atoms with van der Waals surface area (Å²) >= 11 is 0. The number of aliphatic hydroxyl groups is 2. The molecule has 0 unspecified atom stereocenters. The highest BCUT2D eigenvalue weighted by atomic mass is 16.6. The molecular weight excluding hydrogens is 380 g/mol. The third-order valence-electron chi connectivity index (χ3n) is 6.75. The van der Waals surface area contributed by atoms with Crippen LogP contribution >= 0.6 is 0 Å². The highest BCUT2D eigenvalue weighted by Gasteiger charge is 2.34. The first-order valence-corrected chi connectivity index (χ1v) is 11.1. The van der Waals surface area contributed by atoms with Gasteiger partial charge in [0.15, 0.2) is 6.29 Å². The van der Waals surface area contributed by atoms with Crippen LogP contribution in [0.5, 0.6) is 0 Å². The van der Waals surface area contributed by atoms with Crippen LogP contribution in [0.1, 0.15) is 79.1 Å². The molecule has 0 aromatic heterocycles. The van der Waals surface area contributed by atoms with Gasteiger partial charge in [0.25, 0.3) is 0 Å². The predicted octanol–water partition coefficient (Wildman–Crippen LogP) is 4.86. The second-order valence-electron chi connectivity index (χ2n) is 9.51. The minimum absolute atomic E-state index is 0.325. The van der Waals surface area contributed by atoms with Crippen molar-refractivity contribution in [1.29, 1.82) is 0 Å². The van der Waals surface area contributed by atoms with Crippen molar-refractivity contribution in [3.63, 3.8) is 0 Å².